The van der Waals surface area contributed by atoms with Gasteiger partial charge in [0.25, 0.3) is 0 Å². The molecule has 0 atom stereocenters. The summed E-state index contributed by atoms with van der Waals surface area (Å²) in [6.07, 6.45) is 0.0820. The van der Waals surface area contributed by atoms with Gasteiger partial charge in [-0.15, -0.1) is 5.10 Å². The van der Waals surface area contributed by atoms with Gasteiger partial charge in [-0.05, 0) is 29.8 Å². The summed E-state index contributed by atoms with van der Waals surface area (Å²) in [6, 6.07) is 26.0. The molecule has 4 aromatic rings. The predicted octanol–water partition coefficient (Wildman–Crippen LogP) is 2.95. The van der Waals surface area contributed by atoms with E-state index in [1.807, 2.05) is 60.7 Å². The molecule has 0 aliphatic rings. The molecular formula is C24H21N5O3. The van der Waals surface area contributed by atoms with Crippen LogP contribution in [0.2, 0.25) is 0 Å². The number of hydrogen-bond donors (Lipinski definition) is 2. The summed E-state index contributed by atoms with van der Waals surface area (Å²) < 4.78 is 6.76. The lowest BCUT2D eigenvalue weighted by Crippen LogP contribution is -2.42. The van der Waals surface area contributed by atoms with Crippen molar-refractivity contribution in [3.63, 3.8) is 0 Å². The number of carbonyl (C=O) groups is 2. The number of hydrogen-bond acceptors (Lipinski definition) is 5. The SMILES string of the molecule is COc1cccc(CC(=O)NNC(=O)c2nc(-c3ccccc3)n(-c3ccccc3)n2)c1. The first-order valence-corrected chi connectivity index (χ1v) is 9.94. The van der Waals surface area contributed by atoms with Crippen LogP contribution in [-0.4, -0.2) is 33.7 Å². The maximum atomic E-state index is 12.6. The number of nitrogens with one attached hydrogen (secondary N) is 2. The standard InChI is InChI=1S/C24H21N5O3/c1-32-20-14-8-9-17(15-20)16-21(30)26-27-24(31)22-25-23(18-10-4-2-5-11-18)29(28-22)19-12-6-3-7-13-19/h2-15H,16H2,1H3,(H,26,30)(H,27,31). The topological polar surface area (TPSA) is 98.1 Å². The summed E-state index contributed by atoms with van der Waals surface area (Å²) >= 11 is 0. The molecular weight excluding hydrogens is 406 g/mol. The van der Waals surface area contributed by atoms with Gasteiger partial charge < -0.3 is 4.74 Å². The maximum absolute atomic E-state index is 12.6. The number of amides is 2. The Morgan fingerprint density at radius 1 is 0.906 bits per heavy atom. The Kier molecular flexibility index (Phi) is 6.22. The van der Waals surface area contributed by atoms with Crippen LogP contribution in [0.4, 0.5) is 0 Å². The third-order valence-electron chi connectivity index (χ3n) is 4.66. The minimum Gasteiger partial charge on any atom is -0.497 e. The Labute approximate surface area is 184 Å². The molecule has 160 valence electrons. The average Bonchev–Trinajstić information content (AvgIpc) is 3.29. The van der Waals surface area contributed by atoms with Crippen LogP contribution in [0.15, 0.2) is 84.9 Å². The molecule has 0 unspecified atom stereocenters. The van der Waals surface area contributed by atoms with E-state index in [0.29, 0.717) is 11.6 Å². The van der Waals surface area contributed by atoms with E-state index in [0.717, 1.165) is 16.8 Å². The zero-order valence-corrected chi connectivity index (χ0v) is 17.4. The second-order valence-corrected chi connectivity index (χ2v) is 6.90. The highest BCUT2D eigenvalue weighted by Crippen LogP contribution is 2.21. The van der Waals surface area contributed by atoms with Crippen molar-refractivity contribution in [2.24, 2.45) is 0 Å². The molecule has 1 heterocycles. The summed E-state index contributed by atoms with van der Waals surface area (Å²) in [7, 11) is 1.56. The minimum atomic E-state index is -0.615. The Morgan fingerprint density at radius 3 is 2.34 bits per heavy atom. The molecule has 0 saturated heterocycles. The highest BCUT2D eigenvalue weighted by Gasteiger charge is 2.19. The fourth-order valence-corrected chi connectivity index (χ4v) is 3.13. The van der Waals surface area contributed by atoms with Crippen LogP contribution < -0.4 is 15.6 Å². The Hall–Kier alpha value is -4.46. The number of benzene rings is 3. The first-order chi connectivity index (χ1) is 15.6. The van der Waals surface area contributed by atoms with Crippen LogP contribution in [0.5, 0.6) is 5.75 Å². The fourth-order valence-electron chi connectivity index (χ4n) is 3.13. The number of carbonyl (C=O) groups excluding carboxylic acids is 2. The lowest BCUT2D eigenvalue weighted by atomic mass is 10.1. The van der Waals surface area contributed by atoms with Gasteiger partial charge in [-0.25, -0.2) is 9.67 Å². The van der Waals surface area contributed by atoms with E-state index in [1.165, 1.54) is 0 Å². The quantitative estimate of drug-likeness (QED) is 0.461. The number of nitrogens with zero attached hydrogens (tertiary/aromatic N) is 3. The molecule has 3 aromatic carbocycles. The molecule has 0 aliphatic carbocycles. The summed E-state index contributed by atoms with van der Waals surface area (Å²) in [5, 5.41) is 4.37. The summed E-state index contributed by atoms with van der Waals surface area (Å²) in [5.74, 6) is 0.121. The maximum Gasteiger partial charge on any atom is 0.309 e. The van der Waals surface area contributed by atoms with Crippen LogP contribution in [0, 0.1) is 0 Å². The van der Waals surface area contributed by atoms with E-state index in [-0.39, 0.29) is 18.2 Å². The number of para-hydroxylation sites is 1. The van der Waals surface area contributed by atoms with Gasteiger partial charge in [-0.3, -0.25) is 20.4 Å². The van der Waals surface area contributed by atoms with Gasteiger partial charge in [0.2, 0.25) is 11.7 Å². The third kappa shape index (κ3) is 4.81. The lowest BCUT2D eigenvalue weighted by molar-refractivity contribution is -0.121. The molecule has 32 heavy (non-hydrogen) atoms. The Bertz CT molecular complexity index is 1170. The van der Waals surface area contributed by atoms with E-state index >= 15 is 0 Å². The zero-order valence-electron chi connectivity index (χ0n) is 17.4. The molecule has 4 rings (SSSR count). The van der Waals surface area contributed by atoms with E-state index in [1.54, 1.807) is 36.1 Å². The van der Waals surface area contributed by atoms with Gasteiger partial charge in [0.1, 0.15) is 5.75 Å². The number of methoxy groups -OCH3 is 1. The van der Waals surface area contributed by atoms with E-state index in [9.17, 15) is 9.59 Å². The molecule has 8 nitrogen and oxygen atoms in total. The highest BCUT2D eigenvalue weighted by atomic mass is 16.5. The second kappa shape index (κ2) is 9.57. The number of hydrazine groups is 1. The van der Waals surface area contributed by atoms with Crippen molar-refractivity contribution in [1.29, 1.82) is 0 Å². The Balaban J connectivity index is 1.50. The number of ether oxygens (including phenoxy) is 1. The molecule has 8 heteroatoms. The molecule has 2 N–H and O–H groups in total. The first kappa shape index (κ1) is 20.8. The van der Waals surface area contributed by atoms with Gasteiger partial charge in [0.15, 0.2) is 5.82 Å². The van der Waals surface area contributed by atoms with Crippen molar-refractivity contribution in [2.45, 2.75) is 6.42 Å². The number of rotatable bonds is 6. The molecule has 0 fully saturated rings. The Morgan fingerprint density at radius 2 is 1.62 bits per heavy atom. The van der Waals surface area contributed by atoms with Gasteiger partial charge in [0.05, 0.1) is 19.2 Å². The van der Waals surface area contributed by atoms with Crippen LogP contribution in [-0.2, 0) is 11.2 Å². The largest absolute Gasteiger partial charge is 0.497 e. The predicted molar refractivity (Wildman–Crippen MR) is 119 cm³/mol. The minimum absolute atomic E-state index is 0.0608. The first-order valence-electron chi connectivity index (χ1n) is 9.94. The smallest absolute Gasteiger partial charge is 0.309 e. The van der Waals surface area contributed by atoms with E-state index in [2.05, 4.69) is 20.9 Å². The molecule has 0 radical (unpaired) electrons. The van der Waals surface area contributed by atoms with Crippen LogP contribution in [0.1, 0.15) is 16.2 Å². The third-order valence-corrected chi connectivity index (χ3v) is 4.66. The molecule has 2 amide bonds. The summed E-state index contributed by atoms with van der Waals surface area (Å²) in [5.41, 5.74) is 7.12. The normalized spacial score (nSPS) is 10.4. The van der Waals surface area contributed by atoms with Gasteiger partial charge in [-0.1, -0.05) is 60.7 Å². The van der Waals surface area contributed by atoms with Crippen molar-refractivity contribution in [2.75, 3.05) is 7.11 Å². The number of aromatic nitrogens is 3. The summed E-state index contributed by atoms with van der Waals surface area (Å²) in [4.78, 5) is 29.3. The molecule has 0 bridgehead atoms. The molecule has 0 saturated carbocycles. The fraction of sp³-hybridized carbons (Fsp3) is 0.0833. The molecule has 1 aromatic heterocycles. The second-order valence-electron chi connectivity index (χ2n) is 6.90. The van der Waals surface area contributed by atoms with Crippen LogP contribution >= 0.6 is 0 Å². The summed E-state index contributed by atoms with van der Waals surface area (Å²) in [6.45, 7) is 0. The van der Waals surface area contributed by atoms with Crippen molar-refractivity contribution < 1.29 is 14.3 Å². The van der Waals surface area contributed by atoms with Crippen molar-refractivity contribution >= 4 is 11.8 Å². The van der Waals surface area contributed by atoms with Crippen molar-refractivity contribution in [3.05, 3.63) is 96.3 Å². The van der Waals surface area contributed by atoms with E-state index in [4.69, 9.17) is 4.74 Å². The average molecular weight is 427 g/mol. The van der Waals surface area contributed by atoms with Gasteiger partial charge >= 0.3 is 5.91 Å². The lowest BCUT2D eigenvalue weighted by Gasteiger charge is -2.07. The van der Waals surface area contributed by atoms with Gasteiger partial charge in [0, 0.05) is 5.56 Å². The highest BCUT2D eigenvalue weighted by molar-refractivity contribution is 5.92. The van der Waals surface area contributed by atoms with Gasteiger partial charge in [-0.2, -0.15) is 0 Å². The molecule has 0 aliphatic heterocycles. The van der Waals surface area contributed by atoms with Crippen LogP contribution in [0.25, 0.3) is 17.1 Å². The van der Waals surface area contributed by atoms with Crippen LogP contribution in [0.3, 0.4) is 0 Å². The van der Waals surface area contributed by atoms with E-state index < -0.39 is 5.91 Å². The monoisotopic (exact) mass is 427 g/mol. The zero-order chi connectivity index (χ0) is 22.3. The van der Waals surface area contributed by atoms with Crippen molar-refractivity contribution in [3.8, 4) is 22.8 Å². The molecule has 0 spiro atoms. The van der Waals surface area contributed by atoms with Crippen molar-refractivity contribution in [1.82, 2.24) is 25.6 Å².